The highest BCUT2D eigenvalue weighted by atomic mass is 32.2. The second-order valence-corrected chi connectivity index (χ2v) is 7.21. The second kappa shape index (κ2) is 8.13. The summed E-state index contributed by atoms with van der Waals surface area (Å²) in [5.74, 6) is 1.80. The molecule has 9 heteroatoms. The lowest BCUT2D eigenvalue weighted by atomic mass is 10.2. The third kappa shape index (κ3) is 3.70. The molecular weight excluding hydrogens is 374 g/mol. The SMILES string of the molecule is C=CCn1c(S[C@H](C)c2nc(-c3ccncc3)no2)nnc1-c1cccnc1. The minimum atomic E-state index is -0.0994. The molecule has 0 aromatic carbocycles. The van der Waals surface area contributed by atoms with Crippen molar-refractivity contribution in [3.05, 3.63) is 67.6 Å². The normalized spacial score (nSPS) is 12.0. The van der Waals surface area contributed by atoms with Gasteiger partial charge in [0.2, 0.25) is 11.7 Å². The zero-order valence-corrected chi connectivity index (χ0v) is 16.0. The van der Waals surface area contributed by atoms with E-state index in [1.165, 1.54) is 11.8 Å². The molecule has 0 saturated heterocycles. The first-order chi connectivity index (χ1) is 13.8. The van der Waals surface area contributed by atoms with E-state index >= 15 is 0 Å². The highest BCUT2D eigenvalue weighted by Gasteiger charge is 2.21. The molecule has 4 aromatic rings. The first-order valence-corrected chi connectivity index (χ1v) is 9.49. The van der Waals surface area contributed by atoms with Crippen molar-refractivity contribution < 1.29 is 4.52 Å². The number of rotatable bonds is 7. The van der Waals surface area contributed by atoms with E-state index in [1.807, 2.05) is 41.8 Å². The van der Waals surface area contributed by atoms with Gasteiger partial charge in [0.25, 0.3) is 0 Å². The topological polar surface area (TPSA) is 95.4 Å². The Bertz CT molecular complexity index is 1060. The second-order valence-electron chi connectivity index (χ2n) is 5.90. The predicted molar refractivity (Wildman–Crippen MR) is 105 cm³/mol. The quantitative estimate of drug-likeness (QED) is 0.346. The van der Waals surface area contributed by atoms with Crippen LogP contribution in [0.4, 0.5) is 0 Å². The fourth-order valence-electron chi connectivity index (χ4n) is 2.61. The van der Waals surface area contributed by atoms with E-state index in [-0.39, 0.29) is 5.25 Å². The van der Waals surface area contributed by atoms with E-state index in [9.17, 15) is 0 Å². The third-order valence-corrected chi connectivity index (χ3v) is 5.03. The van der Waals surface area contributed by atoms with E-state index in [4.69, 9.17) is 4.52 Å². The van der Waals surface area contributed by atoms with Gasteiger partial charge in [-0.05, 0) is 31.2 Å². The summed E-state index contributed by atoms with van der Waals surface area (Å²) < 4.78 is 7.45. The first kappa shape index (κ1) is 18.1. The minimum absolute atomic E-state index is 0.0994. The van der Waals surface area contributed by atoms with Gasteiger partial charge >= 0.3 is 0 Å². The summed E-state index contributed by atoms with van der Waals surface area (Å²) in [5.41, 5.74) is 1.75. The Hall–Kier alpha value is -3.33. The highest BCUT2D eigenvalue weighted by Crippen LogP contribution is 2.35. The van der Waals surface area contributed by atoms with E-state index in [0.717, 1.165) is 22.1 Å². The molecule has 28 heavy (non-hydrogen) atoms. The Morgan fingerprint density at radius 3 is 2.75 bits per heavy atom. The Kier molecular flexibility index (Phi) is 5.24. The number of thioether (sulfide) groups is 1. The molecular formula is C19H17N7OS. The van der Waals surface area contributed by atoms with E-state index in [2.05, 4.69) is 36.9 Å². The van der Waals surface area contributed by atoms with E-state index < -0.39 is 0 Å². The molecule has 0 bridgehead atoms. The molecule has 4 rings (SSSR count). The van der Waals surface area contributed by atoms with Crippen molar-refractivity contribution in [3.8, 4) is 22.8 Å². The summed E-state index contributed by atoms with van der Waals surface area (Å²) in [5, 5.41) is 13.4. The van der Waals surface area contributed by atoms with Crippen molar-refractivity contribution in [3.63, 3.8) is 0 Å². The average Bonchev–Trinajstić information content (AvgIpc) is 3.38. The molecule has 0 aliphatic carbocycles. The first-order valence-electron chi connectivity index (χ1n) is 8.61. The lowest BCUT2D eigenvalue weighted by molar-refractivity contribution is 0.380. The monoisotopic (exact) mass is 391 g/mol. The van der Waals surface area contributed by atoms with Crippen LogP contribution in [0.15, 0.2) is 71.4 Å². The van der Waals surface area contributed by atoms with Crippen molar-refractivity contribution in [1.82, 2.24) is 34.9 Å². The molecule has 0 spiro atoms. The van der Waals surface area contributed by atoms with Gasteiger partial charge in [-0.3, -0.25) is 14.5 Å². The average molecular weight is 391 g/mol. The summed E-state index contributed by atoms with van der Waals surface area (Å²) in [7, 11) is 0. The zero-order chi connectivity index (χ0) is 19.3. The van der Waals surface area contributed by atoms with E-state index in [0.29, 0.717) is 18.3 Å². The fraction of sp³-hybridized carbons (Fsp3) is 0.158. The number of hydrogen-bond acceptors (Lipinski definition) is 8. The van der Waals surface area contributed by atoms with Gasteiger partial charge in [-0.15, -0.1) is 16.8 Å². The summed E-state index contributed by atoms with van der Waals surface area (Å²) in [6.07, 6.45) is 8.70. The van der Waals surface area contributed by atoms with Crippen molar-refractivity contribution in [2.45, 2.75) is 23.9 Å². The van der Waals surface area contributed by atoms with Gasteiger partial charge in [0.1, 0.15) is 0 Å². The highest BCUT2D eigenvalue weighted by molar-refractivity contribution is 7.99. The van der Waals surface area contributed by atoms with Crippen LogP contribution in [0.3, 0.4) is 0 Å². The van der Waals surface area contributed by atoms with Crippen LogP contribution in [0.25, 0.3) is 22.8 Å². The molecule has 4 heterocycles. The minimum Gasteiger partial charge on any atom is -0.338 e. The van der Waals surface area contributed by atoms with Crippen LogP contribution >= 0.6 is 11.8 Å². The lowest BCUT2D eigenvalue weighted by Crippen LogP contribution is -2.02. The molecule has 0 saturated carbocycles. The number of aromatic nitrogens is 7. The van der Waals surface area contributed by atoms with Crippen molar-refractivity contribution in [1.29, 1.82) is 0 Å². The number of pyridine rings is 2. The predicted octanol–water partition coefficient (Wildman–Crippen LogP) is 3.82. The molecule has 0 unspecified atom stereocenters. The van der Waals surface area contributed by atoms with Gasteiger partial charge < -0.3 is 4.52 Å². The molecule has 0 fully saturated rings. The van der Waals surface area contributed by atoms with Gasteiger partial charge in [-0.25, -0.2) is 0 Å². The van der Waals surface area contributed by atoms with Crippen LogP contribution in [0.5, 0.6) is 0 Å². The summed E-state index contributed by atoms with van der Waals surface area (Å²) in [6, 6.07) is 7.50. The molecule has 1 atom stereocenters. The number of nitrogens with zero attached hydrogens (tertiary/aromatic N) is 7. The zero-order valence-electron chi connectivity index (χ0n) is 15.1. The Labute approximate surface area is 165 Å². The molecule has 0 amide bonds. The smallest absolute Gasteiger partial charge is 0.240 e. The van der Waals surface area contributed by atoms with Crippen LogP contribution in [0, 0.1) is 0 Å². The van der Waals surface area contributed by atoms with Crippen molar-refractivity contribution in [2.24, 2.45) is 0 Å². The molecule has 4 aromatic heterocycles. The van der Waals surface area contributed by atoms with E-state index in [1.54, 1.807) is 24.8 Å². The maximum Gasteiger partial charge on any atom is 0.240 e. The molecule has 0 aliphatic rings. The van der Waals surface area contributed by atoms with Gasteiger partial charge in [0.05, 0.1) is 5.25 Å². The standard InChI is InChI=1S/C19H17N7OS/c1-3-11-26-17(15-5-4-8-21-12-15)23-24-19(26)28-13(2)18-22-16(25-27-18)14-6-9-20-10-7-14/h3-10,12-13H,1,11H2,2H3/t13-/m1/s1. The van der Waals surface area contributed by atoms with Crippen LogP contribution in [0.2, 0.25) is 0 Å². The molecule has 0 radical (unpaired) electrons. The van der Waals surface area contributed by atoms with Gasteiger partial charge in [0, 0.05) is 42.5 Å². The Morgan fingerprint density at radius 2 is 2.00 bits per heavy atom. The van der Waals surface area contributed by atoms with Crippen LogP contribution in [0.1, 0.15) is 18.1 Å². The molecule has 0 N–H and O–H groups in total. The van der Waals surface area contributed by atoms with Crippen LogP contribution in [-0.2, 0) is 6.54 Å². The van der Waals surface area contributed by atoms with Crippen molar-refractivity contribution in [2.75, 3.05) is 0 Å². The van der Waals surface area contributed by atoms with Crippen LogP contribution < -0.4 is 0 Å². The number of hydrogen-bond donors (Lipinski definition) is 0. The molecule has 140 valence electrons. The molecule has 8 nitrogen and oxygen atoms in total. The lowest BCUT2D eigenvalue weighted by Gasteiger charge is -2.09. The Morgan fingerprint density at radius 1 is 1.14 bits per heavy atom. The summed E-state index contributed by atoms with van der Waals surface area (Å²) in [6.45, 7) is 6.41. The maximum absolute atomic E-state index is 5.45. The summed E-state index contributed by atoms with van der Waals surface area (Å²) in [4.78, 5) is 12.7. The van der Waals surface area contributed by atoms with Crippen molar-refractivity contribution >= 4 is 11.8 Å². The number of allylic oxidation sites excluding steroid dienone is 1. The largest absolute Gasteiger partial charge is 0.338 e. The van der Waals surface area contributed by atoms with Gasteiger partial charge in [-0.2, -0.15) is 4.98 Å². The fourth-order valence-corrected chi connectivity index (χ4v) is 3.49. The van der Waals surface area contributed by atoms with Gasteiger partial charge in [-0.1, -0.05) is 23.0 Å². The third-order valence-electron chi connectivity index (χ3n) is 3.96. The summed E-state index contributed by atoms with van der Waals surface area (Å²) >= 11 is 1.50. The molecule has 0 aliphatic heterocycles. The maximum atomic E-state index is 5.45. The van der Waals surface area contributed by atoms with Gasteiger partial charge in [0.15, 0.2) is 11.0 Å². The Balaban J connectivity index is 1.58. The van der Waals surface area contributed by atoms with Crippen LogP contribution in [-0.4, -0.2) is 34.9 Å².